The quantitative estimate of drug-likeness (QED) is 0.182. The molecule has 8 aromatic carbocycles. The summed E-state index contributed by atoms with van der Waals surface area (Å²) < 4.78 is 6.51. The Morgan fingerprint density at radius 1 is 0.283 bits per heavy atom. The number of rotatable bonds is 5. The van der Waals surface area contributed by atoms with Crippen molar-refractivity contribution in [3.63, 3.8) is 0 Å². The average Bonchev–Trinajstić information content (AvgIpc) is 3.78. The van der Waals surface area contributed by atoms with Crippen molar-refractivity contribution in [2.45, 2.75) is 0 Å². The van der Waals surface area contributed by atoms with Crippen molar-refractivity contribution in [1.82, 2.24) is 15.0 Å². The number of hydrogen-bond donors (Lipinski definition) is 0. The lowest BCUT2D eigenvalue weighted by Gasteiger charge is -2.11. The highest BCUT2D eigenvalue weighted by molar-refractivity contribution is 6.19. The van der Waals surface area contributed by atoms with Crippen LogP contribution in [0.25, 0.3) is 111 Å². The highest BCUT2D eigenvalue weighted by Crippen LogP contribution is 2.49. The van der Waals surface area contributed by atoms with Crippen LogP contribution < -0.4 is 0 Å². The maximum atomic E-state index is 6.51. The molecule has 53 heavy (non-hydrogen) atoms. The van der Waals surface area contributed by atoms with Crippen molar-refractivity contribution < 1.29 is 4.42 Å². The lowest BCUT2D eigenvalue weighted by molar-refractivity contribution is 0.669. The van der Waals surface area contributed by atoms with Gasteiger partial charge in [0, 0.05) is 27.5 Å². The van der Waals surface area contributed by atoms with Gasteiger partial charge in [-0.3, -0.25) is 0 Å². The summed E-state index contributed by atoms with van der Waals surface area (Å²) in [6.45, 7) is 0. The Morgan fingerprint density at radius 2 is 0.868 bits per heavy atom. The highest BCUT2D eigenvalue weighted by atomic mass is 16.3. The minimum Gasteiger partial charge on any atom is -0.456 e. The molecule has 1 aliphatic rings. The summed E-state index contributed by atoms with van der Waals surface area (Å²) in [4.78, 5) is 15.3. The monoisotopic (exact) mass is 675 g/mol. The van der Waals surface area contributed by atoms with Gasteiger partial charge in [0.15, 0.2) is 17.5 Å². The van der Waals surface area contributed by atoms with Gasteiger partial charge in [0.1, 0.15) is 11.2 Å². The Kier molecular flexibility index (Phi) is 6.52. The minimum absolute atomic E-state index is 0.598. The van der Waals surface area contributed by atoms with E-state index in [2.05, 4.69) is 127 Å². The van der Waals surface area contributed by atoms with E-state index in [9.17, 15) is 0 Å². The van der Waals surface area contributed by atoms with E-state index in [1.807, 2.05) is 48.5 Å². The molecule has 4 heteroatoms. The van der Waals surface area contributed by atoms with Crippen LogP contribution in [0.15, 0.2) is 180 Å². The molecule has 4 nitrogen and oxygen atoms in total. The summed E-state index contributed by atoms with van der Waals surface area (Å²) >= 11 is 0. The first-order valence-corrected chi connectivity index (χ1v) is 17.9. The molecule has 0 bridgehead atoms. The first-order chi connectivity index (χ1) is 26.3. The van der Waals surface area contributed by atoms with Crippen LogP contribution in [0.4, 0.5) is 0 Å². The standard InChI is InChI=1S/C49H29N3O/c1-3-12-30(13-4-1)32-16-9-17-34(28-32)48-50-47(31-14-5-2-6-15-31)51-49(52-48)41-22-11-23-44-46(41)42-29-33(24-27-43(42)53-44)35-25-26-40-37-19-8-7-18-36(37)39-21-10-20-38(35)45(39)40/h1-29H. The molecule has 0 amide bonds. The van der Waals surface area contributed by atoms with E-state index >= 15 is 0 Å². The fourth-order valence-corrected chi connectivity index (χ4v) is 8.05. The lowest BCUT2D eigenvalue weighted by Crippen LogP contribution is -2.00. The third-order valence-electron chi connectivity index (χ3n) is 10.5. The predicted molar refractivity (Wildman–Crippen MR) is 216 cm³/mol. The van der Waals surface area contributed by atoms with Gasteiger partial charge in [-0.1, -0.05) is 152 Å². The number of nitrogens with zero attached hydrogens (tertiary/aromatic N) is 3. The second-order valence-electron chi connectivity index (χ2n) is 13.5. The zero-order valence-electron chi connectivity index (χ0n) is 28.5. The molecule has 0 spiro atoms. The number of fused-ring (bicyclic) bond motifs is 6. The highest BCUT2D eigenvalue weighted by Gasteiger charge is 2.23. The van der Waals surface area contributed by atoms with Crippen LogP contribution in [0.1, 0.15) is 0 Å². The molecule has 0 N–H and O–H groups in total. The van der Waals surface area contributed by atoms with Crippen LogP contribution in [0.2, 0.25) is 0 Å². The van der Waals surface area contributed by atoms with E-state index in [0.717, 1.165) is 55.3 Å². The fraction of sp³-hybridized carbons (Fsp3) is 0. The summed E-state index contributed by atoms with van der Waals surface area (Å²) in [6, 6.07) is 61.5. The van der Waals surface area contributed by atoms with Gasteiger partial charge in [0.25, 0.3) is 0 Å². The molecule has 0 saturated heterocycles. The first kappa shape index (κ1) is 29.5. The van der Waals surface area contributed by atoms with Crippen LogP contribution in [0.3, 0.4) is 0 Å². The largest absolute Gasteiger partial charge is 0.456 e. The Bertz CT molecular complexity index is 3030. The van der Waals surface area contributed by atoms with Gasteiger partial charge in [0.2, 0.25) is 0 Å². The third-order valence-corrected chi connectivity index (χ3v) is 10.5. The Balaban J connectivity index is 1.11. The van der Waals surface area contributed by atoms with E-state index < -0.39 is 0 Å². The van der Waals surface area contributed by atoms with Gasteiger partial charge in [-0.2, -0.15) is 0 Å². The van der Waals surface area contributed by atoms with E-state index in [-0.39, 0.29) is 0 Å². The van der Waals surface area contributed by atoms with Gasteiger partial charge >= 0.3 is 0 Å². The van der Waals surface area contributed by atoms with Crippen molar-refractivity contribution in [3.8, 4) is 78.7 Å². The Hall–Kier alpha value is -7.17. The number of benzene rings is 8. The molecule has 2 aromatic heterocycles. The second-order valence-corrected chi connectivity index (χ2v) is 13.5. The van der Waals surface area contributed by atoms with Gasteiger partial charge < -0.3 is 4.42 Å². The predicted octanol–water partition coefficient (Wildman–Crippen LogP) is 12.9. The Labute approximate surface area is 305 Å². The SMILES string of the molecule is c1ccc(-c2cccc(-c3nc(-c4ccccc4)nc(-c4cccc5oc6ccc(-c7ccc8c9c(cccc79)-c7ccccc7-8)cc6c45)n3)c2)cc1. The van der Waals surface area contributed by atoms with Crippen molar-refractivity contribution in [1.29, 1.82) is 0 Å². The van der Waals surface area contributed by atoms with Crippen molar-refractivity contribution in [2.75, 3.05) is 0 Å². The van der Waals surface area contributed by atoms with Gasteiger partial charge in [0.05, 0.1) is 0 Å². The maximum absolute atomic E-state index is 6.51. The van der Waals surface area contributed by atoms with Crippen molar-refractivity contribution >= 4 is 32.7 Å². The second kappa shape index (κ2) is 11.7. The van der Waals surface area contributed by atoms with E-state index in [4.69, 9.17) is 19.4 Å². The van der Waals surface area contributed by atoms with Gasteiger partial charge in [-0.25, -0.2) is 15.0 Å². The van der Waals surface area contributed by atoms with E-state index in [1.54, 1.807) is 0 Å². The molecule has 2 heterocycles. The smallest absolute Gasteiger partial charge is 0.164 e. The van der Waals surface area contributed by atoms with Gasteiger partial charge in [-0.05, 0) is 79.5 Å². The average molecular weight is 676 g/mol. The summed E-state index contributed by atoms with van der Waals surface area (Å²) in [7, 11) is 0. The molecule has 0 atom stereocenters. The molecule has 0 saturated carbocycles. The maximum Gasteiger partial charge on any atom is 0.164 e. The number of hydrogen-bond acceptors (Lipinski definition) is 4. The number of aromatic nitrogens is 3. The summed E-state index contributed by atoms with van der Waals surface area (Å²) in [5.74, 6) is 1.84. The van der Waals surface area contributed by atoms with E-state index in [1.165, 1.54) is 38.6 Å². The van der Waals surface area contributed by atoms with Gasteiger partial charge in [-0.15, -0.1) is 0 Å². The van der Waals surface area contributed by atoms with Crippen LogP contribution >= 0.6 is 0 Å². The molecule has 1 aliphatic carbocycles. The Morgan fingerprint density at radius 3 is 1.68 bits per heavy atom. The molecular formula is C49H29N3O. The number of furan rings is 1. The molecule has 0 radical (unpaired) electrons. The minimum atomic E-state index is 0.598. The van der Waals surface area contributed by atoms with Crippen LogP contribution in [0.5, 0.6) is 0 Å². The fourth-order valence-electron chi connectivity index (χ4n) is 8.05. The molecule has 11 rings (SSSR count). The molecular weight excluding hydrogens is 647 g/mol. The molecule has 0 aliphatic heterocycles. The summed E-state index contributed by atoms with van der Waals surface area (Å²) in [5, 5.41) is 4.56. The van der Waals surface area contributed by atoms with Crippen LogP contribution in [-0.4, -0.2) is 15.0 Å². The normalized spacial score (nSPS) is 11.8. The summed E-state index contributed by atoms with van der Waals surface area (Å²) in [5.41, 5.74) is 14.1. The third kappa shape index (κ3) is 4.73. The molecule has 246 valence electrons. The van der Waals surface area contributed by atoms with Crippen LogP contribution in [0, 0.1) is 0 Å². The molecule has 0 fully saturated rings. The van der Waals surface area contributed by atoms with Crippen LogP contribution in [-0.2, 0) is 0 Å². The zero-order chi connectivity index (χ0) is 34.9. The van der Waals surface area contributed by atoms with Crippen molar-refractivity contribution in [3.05, 3.63) is 176 Å². The van der Waals surface area contributed by atoms with E-state index in [0.29, 0.717) is 17.5 Å². The molecule has 10 aromatic rings. The lowest BCUT2D eigenvalue weighted by atomic mass is 9.93. The topological polar surface area (TPSA) is 51.8 Å². The van der Waals surface area contributed by atoms with Crippen molar-refractivity contribution in [2.24, 2.45) is 0 Å². The summed E-state index contributed by atoms with van der Waals surface area (Å²) in [6.07, 6.45) is 0. The first-order valence-electron chi connectivity index (χ1n) is 17.9. The molecule has 0 unspecified atom stereocenters. The zero-order valence-corrected chi connectivity index (χ0v) is 28.5.